The number of hydrogen-bond acceptors (Lipinski definition) is 4. The molecule has 0 aliphatic heterocycles. The van der Waals surface area contributed by atoms with Crippen LogP contribution in [-0.2, 0) is 6.18 Å². The van der Waals surface area contributed by atoms with E-state index in [1.54, 1.807) is 0 Å². The fourth-order valence-electron chi connectivity index (χ4n) is 2.16. The van der Waals surface area contributed by atoms with Crippen molar-refractivity contribution in [3.8, 4) is 0 Å². The molecule has 5 nitrogen and oxygen atoms in total. The summed E-state index contributed by atoms with van der Waals surface area (Å²) >= 11 is 0. The molecule has 20 heavy (non-hydrogen) atoms. The SMILES string of the molecule is CC1(CNc2cc(C(F)(F)F)ncc2[N+](=O)[O-])CCC1. The second-order valence-electron chi connectivity index (χ2n) is 5.36. The van der Waals surface area contributed by atoms with Gasteiger partial charge in [0.25, 0.3) is 0 Å². The van der Waals surface area contributed by atoms with Gasteiger partial charge in [-0.25, -0.2) is 4.98 Å². The molecule has 8 heteroatoms. The number of nitro groups is 1. The van der Waals surface area contributed by atoms with Crippen LogP contribution in [0.25, 0.3) is 0 Å². The summed E-state index contributed by atoms with van der Waals surface area (Å²) in [5.74, 6) is 0. The van der Waals surface area contributed by atoms with Gasteiger partial charge in [-0.05, 0) is 24.3 Å². The number of hydrogen-bond donors (Lipinski definition) is 1. The number of pyridine rings is 1. The molecule has 110 valence electrons. The van der Waals surface area contributed by atoms with E-state index < -0.39 is 22.5 Å². The molecule has 0 bridgehead atoms. The van der Waals surface area contributed by atoms with E-state index in [-0.39, 0.29) is 11.1 Å². The first kappa shape index (κ1) is 14.5. The monoisotopic (exact) mass is 289 g/mol. The summed E-state index contributed by atoms with van der Waals surface area (Å²) in [4.78, 5) is 13.2. The van der Waals surface area contributed by atoms with Crippen molar-refractivity contribution in [1.29, 1.82) is 0 Å². The highest BCUT2D eigenvalue weighted by Gasteiger charge is 2.35. The van der Waals surface area contributed by atoms with E-state index in [4.69, 9.17) is 0 Å². The van der Waals surface area contributed by atoms with Crippen LogP contribution in [0.3, 0.4) is 0 Å². The van der Waals surface area contributed by atoms with E-state index in [0.717, 1.165) is 19.3 Å². The van der Waals surface area contributed by atoms with Crippen molar-refractivity contribution in [2.75, 3.05) is 11.9 Å². The zero-order valence-corrected chi connectivity index (χ0v) is 10.8. The van der Waals surface area contributed by atoms with Gasteiger partial charge in [0.2, 0.25) is 0 Å². The molecule has 2 rings (SSSR count). The zero-order chi connectivity index (χ0) is 15.0. The Bertz CT molecular complexity index is 527. The minimum Gasteiger partial charge on any atom is -0.379 e. The van der Waals surface area contributed by atoms with Crippen LogP contribution in [0.5, 0.6) is 0 Å². The molecular weight excluding hydrogens is 275 g/mol. The molecule has 1 fully saturated rings. The minimum absolute atomic E-state index is 0.00443. The summed E-state index contributed by atoms with van der Waals surface area (Å²) < 4.78 is 37.8. The van der Waals surface area contributed by atoms with Crippen LogP contribution in [0.4, 0.5) is 24.5 Å². The number of halogens is 3. The normalized spacial score (nSPS) is 17.4. The fourth-order valence-corrected chi connectivity index (χ4v) is 2.16. The summed E-state index contributed by atoms with van der Waals surface area (Å²) in [5.41, 5.74) is -1.72. The molecule has 1 saturated carbocycles. The molecule has 0 spiro atoms. The van der Waals surface area contributed by atoms with Gasteiger partial charge in [0.1, 0.15) is 17.6 Å². The molecule has 0 unspecified atom stereocenters. The highest BCUT2D eigenvalue weighted by Crippen LogP contribution is 2.41. The maximum Gasteiger partial charge on any atom is 0.433 e. The van der Waals surface area contributed by atoms with Gasteiger partial charge in [0.05, 0.1) is 4.92 Å². The molecule has 0 saturated heterocycles. The number of nitrogens with zero attached hydrogens (tertiary/aromatic N) is 2. The van der Waals surface area contributed by atoms with Crippen LogP contribution in [0.15, 0.2) is 12.3 Å². The Morgan fingerprint density at radius 3 is 2.60 bits per heavy atom. The van der Waals surface area contributed by atoms with Gasteiger partial charge in [-0.2, -0.15) is 13.2 Å². The highest BCUT2D eigenvalue weighted by atomic mass is 19.4. The molecular formula is C12H14F3N3O2. The standard InChI is InChI=1S/C12H14F3N3O2/c1-11(3-2-4-11)7-17-8-5-10(12(13,14)15)16-6-9(8)18(19)20/h5-6H,2-4,7H2,1H3,(H,16,17). The van der Waals surface area contributed by atoms with Gasteiger partial charge in [-0.3, -0.25) is 10.1 Å². The predicted octanol–water partition coefficient (Wildman–Crippen LogP) is 3.61. The number of nitrogens with one attached hydrogen (secondary N) is 1. The molecule has 1 heterocycles. The second-order valence-corrected chi connectivity index (χ2v) is 5.36. The Kier molecular flexibility index (Phi) is 3.58. The topological polar surface area (TPSA) is 68.1 Å². The van der Waals surface area contributed by atoms with Gasteiger partial charge in [0.15, 0.2) is 0 Å². The van der Waals surface area contributed by atoms with Crippen molar-refractivity contribution in [2.45, 2.75) is 32.4 Å². The lowest BCUT2D eigenvalue weighted by atomic mass is 9.70. The molecule has 0 atom stereocenters. The van der Waals surface area contributed by atoms with E-state index in [2.05, 4.69) is 10.3 Å². The van der Waals surface area contributed by atoms with Crippen molar-refractivity contribution in [2.24, 2.45) is 5.41 Å². The summed E-state index contributed by atoms with van der Waals surface area (Å²) in [7, 11) is 0. The Labute approximate surface area is 113 Å². The second kappa shape index (κ2) is 4.92. The summed E-state index contributed by atoms with van der Waals surface area (Å²) in [6, 6.07) is 0.695. The average Bonchev–Trinajstić information content (AvgIpc) is 2.32. The minimum atomic E-state index is -4.62. The highest BCUT2D eigenvalue weighted by molar-refractivity contribution is 5.61. The summed E-state index contributed by atoms with van der Waals surface area (Å²) in [5, 5.41) is 13.6. The van der Waals surface area contributed by atoms with Gasteiger partial charge in [-0.15, -0.1) is 0 Å². The van der Waals surface area contributed by atoms with Crippen molar-refractivity contribution < 1.29 is 18.1 Å². The molecule has 1 aliphatic carbocycles. The summed E-state index contributed by atoms with van der Waals surface area (Å²) in [6.07, 6.45) is -0.972. The predicted molar refractivity (Wildman–Crippen MR) is 66.3 cm³/mol. The Hall–Kier alpha value is -1.86. The Morgan fingerprint density at radius 1 is 1.50 bits per heavy atom. The molecule has 1 N–H and O–H groups in total. The lowest BCUT2D eigenvalue weighted by molar-refractivity contribution is -0.384. The number of anilines is 1. The van der Waals surface area contributed by atoms with E-state index in [0.29, 0.717) is 18.8 Å². The quantitative estimate of drug-likeness (QED) is 0.679. The third kappa shape index (κ3) is 3.00. The Morgan fingerprint density at radius 2 is 2.15 bits per heavy atom. The van der Waals surface area contributed by atoms with Crippen LogP contribution in [0.1, 0.15) is 31.9 Å². The van der Waals surface area contributed by atoms with E-state index in [9.17, 15) is 23.3 Å². The number of rotatable bonds is 4. The fraction of sp³-hybridized carbons (Fsp3) is 0.583. The maximum absolute atomic E-state index is 12.6. The van der Waals surface area contributed by atoms with Crippen LogP contribution in [0.2, 0.25) is 0 Å². The summed E-state index contributed by atoms with van der Waals surface area (Å²) in [6.45, 7) is 2.41. The van der Waals surface area contributed by atoms with Gasteiger partial charge < -0.3 is 5.32 Å². The molecule has 0 amide bonds. The lowest BCUT2D eigenvalue weighted by Crippen LogP contribution is -2.33. The molecule has 0 aromatic carbocycles. The van der Waals surface area contributed by atoms with E-state index in [1.807, 2.05) is 6.92 Å². The van der Waals surface area contributed by atoms with Gasteiger partial charge >= 0.3 is 11.9 Å². The molecule has 1 aromatic rings. The third-order valence-corrected chi connectivity index (χ3v) is 3.64. The first-order valence-electron chi connectivity index (χ1n) is 6.17. The molecule has 0 radical (unpaired) electrons. The van der Waals surface area contributed by atoms with Crippen LogP contribution >= 0.6 is 0 Å². The van der Waals surface area contributed by atoms with Crippen LogP contribution < -0.4 is 5.32 Å². The average molecular weight is 289 g/mol. The number of alkyl halides is 3. The zero-order valence-electron chi connectivity index (χ0n) is 10.8. The largest absolute Gasteiger partial charge is 0.433 e. The maximum atomic E-state index is 12.6. The van der Waals surface area contributed by atoms with E-state index >= 15 is 0 Å². The van der Waals surface area contributed by atoms with Crippen molar-refractivity contribution in [3.05, 3.63) is 28.1 Å². The lowest BCUT2D eigenvalue weighted by Gasteiger charge is -2.38. The van der Waals surface area contributed by atoms with Crippen molar-refractivity contribution >= 4 is 11.4 Å². The van der Waals surface area contributed by atoms with Gasteiger partial charge in [0, 0.05) is 6.54 Å². The third-order valence-electron chi connectivity index (χ3n) is 3.64. The molecule has 1 aromatic heterocycles. The first-order valence-corrected chi connectivity index (χ1v) is 6.17. The molecule has 1 aliphatic rings. The van der Waals surface area contributed by atoms with Crippen molar-refractivity contribution in [1.82, 2.24) is 4.98 Å². The smallest absolute Gasteiger partial charge is 0.379 e. The first-order chi connectivity index (χ1) is 9.21. The Balaban J connectivity index is 2.25. The van der Waals surface area contributed by atoms with Crippen LogP contribution in [-0.4, -0.2) is 16.5 Å². The number of aromatic nitrogens is 1. The van der Waals surface area contributed by atoms with E-state index in [1.165, 1.54) is 0 Å². The van der Waals surface area contributed by atoms with Gasteiger partial charge in [-0.1, -0.05) is 13.3 Å². The van der Waals surface area contributed by atoms with Crippen molar-refractivity contribution in [3.63, 3.8) is 0 Å². The van der Waals surface area contributed by atoms with Crippen LogP contribution in [0, 0.1) is 15.5 Å².